The lowest BCUT2D eigenvalue weighted by molar-refractivity contribution is -0.142. The van der Waals surface area contributed by atoms with Crippen LogP contribution in [0.15, 0.2) is 30.3 Å². The van der Waals surface area contributed by atoms with Crippen LogP contribution in [0.1, 0.15) is 19.4 Å². The third kappa shape index (κ3) is 6.25. The maximum Gasteiger partial charge on any atom is 0.407 e. The van der Waals surface area contributed by atoms with E-state index in [1.807, 2.05) is 18.2 Å². The summed E-state index contributed by atoms with van der Waals surface area (Å²) in [6, 6.07) is 8.11. The molecule has 1 rings (SSSR count). The molecule has 3 N–H and O–H groups in total. The van der Waals surface area contributed by atoms with Gasteiger partial charge in [-0.1, -0.05) is 44.2 Å². The van der Waals surface area contributed by atoms with Crippen LogP contribution in [0.4, 0.5) is 4.79 Å². The number of nitrogens with one attached hydrogen (secondary N) is 2. The Hall–Kier alpha value is -2.57. The number of hydrogen-bond donors (Lipinski definition) is 3. The molecule has 0 aliphatic carbocycles. The number of carboxylic acids is 1. The number of benzene rings is 1. The minimum Gasteiger partial charge on any atom is -0.480 e. The first-order valence-corrected chi connectivity index (χ1v) is 6.87. The van der Waals surface area contributed by atoms with E-state index < -0.39 is 24.0 Å². The van der Waals surface area contributed by atoms with Gasteiger partial charge >= 0.3 is 12.1 Å². The van der Waals surface area contributed by atoms with Gasteiger partial charge in [-0.15, -0.1) is 0 Å². The average molecular weight is 308 g/mol. The molecule has 0 bridgehead atoms. The quantitative estimate of drug-likeness (QED) is 0.700. The van der Waals surface area contributed by atoms with Crippen molar-refractivity contribution >= 4 is 18.0 Å². The Morgan fingerprint density at radius 1 is 1.18 bits per heavy atom. The fraction of sp³-hybridized carbons (Fsp3) is 0.400. The smallest absolute Gasteiger partial charge is 0.407 e. The molecule has 0 fully saturated rings. The van der Waals surface area contributed by atoms with Crippen molar-refractivity contribution in [2.75, 3.05) is 6.54 Å². The summed E-state index contributed by atoms with van der Waals surface area (Å²) in [6.07, 6.45) is -0.740. The number of ether oxygens (including phenoxy) is 1. The minimum atomic E-state index is -1.12. The summed E-state index contributed by atoms with van der Waals surface area (Å²) in [7, 11) is 0. The molecule has 1 atom stereocenters. The van der Waals surface area contributed by atoms with Crippen LogP contribution in [0.2, 0.25) is 0 Å². The fourth-order valence-corrected chi connectivity index (χ4v) is 1.66. The van der Waals surface area contributed by atoms with Gasteiger partial charge in [0.1, 0.15) is 19.2 Å². The van der Waals surface area contributed by atoms with Gasteiger partial charge in [0.25, 0.3) is 0 Å². The van der Waals surface area contributed by atoms with Gasteiger partial charge in [0.15, 0.2) is 0 Å². The van der Waals surface area contributed by atoms with E-state index in [0.29, 0.717) is 0 Å². The largest absolute Gasteiger partial charge is 0.480 e. The highest BCUT2D eigenvalue weighted by atomic mass is 16.5. The Morgan fingerprint density at radius 3 is 2.36 bits per heavy atom. The van der Waals surface area contributed by atoms with Crippen molar-refractivity contribution in [2.24, 2.45) is 5.92 Å². The Kier molecular flexibility index (Phi) is 6.88. The van der Waals surface area contributed by atoms with Crippen molar-refractivity contribution in [3.05, 3.63) is 35.9 Å². The fourth-order valence-electron chi connectivity index (χ4n) is 1.66. The van der Waals surface area contributed by atoms with Crippen molar-refractivity contribution in [1.82, 2.24) is 10.6 Å². The van der Waals surface area contributed by atoms with Crippen LogP contribution >= 0.6 is 0 Å². The van der Waals surface area contributed by atoms with Crippen molar-refractivity contribution in [2.45, 2.75) is 26.5 Å². The van der Waals surface area contributed by atoms with E-state index >= 15 is 0 Å². The summed E-state index contributed by atoms with van der Waals surface area (Å²) in [5, 5.41) is 13.6. The monoisotopic (exact) mass is 308 g/mol. The molecule has 2 amide bonds. The maximum atomic E-state index is 11.6. The van der Waals surface area contributed by atoms with Crippen LogP contribution in [0.3, 0.4) is 0 Å². The SMILES string of the molecule is CC(C)[C@H](NC(=O)CNC(=O)OCc1ccccc1)C(=O)O. The molecular formula is C15H20N2O5. The van der Waals surface area contributed by atoms with Crippen LogP contribution < -0.4 is 10.6 Å². The van der Waals surface area contributed by atoms with Gasteiger partial charge in [0.05, 0.1) is 0 Å². The van der Waals surface area contributed by atoms with Gasteiger partial charge in [0, 0.05) is 0 Å². The summed E-state index contributed by atoms with van der Waals surface area (Å²) in [5.74, 6) is -1.96. The Bertz CT molecular complexity index is 516. The predicted molar refractivity (Wildman–Crippen MR) is 79.0 cm³/mol. The first-order chi connectivity index (χ1) is 10.4. The standard InChI is InChI=1S/C15H20N2O5/c1-10(2)13(14(19)20)17-12(18)8-16-15(21)22-9-11-6-4-3-5-7-11/h3-7,10,13H,8-9H2,1-2H3,(H,16,21)(H,17,18)(H,19,20)/t13-/m0/s1. The summed E-state index contributed by atoms with van der Waals surface area (Å²) in [6.45, 7) is 3.11. The third-order valence-corrected chi connectivity index (χ3v) is 2.86. The second-order valence-electron chi connectivity index (χ2n) is 5.04. The second-order valence-corrected chi connectivity index (χ2v) is 5.04. The van der Waals surface area contributed by atoms with Crippen molar-refractivity contribution in [3.63, 3.8) is 0 Å². The molecule has 1 aromatic carbocycles. The number of alkyl carbamates (subject to hydrolysis) is 1. The molecule has 0 aliphatic heterocycles. The van der Waals surface area contributed by atoms with Gasteiger partial charge in [-0.3, -0.25) is 4.79 Å². The van der Waals surface area contributed by atoms with Crippen molar-refractivity contribution in [3.8, 4) is 0 Å². The number of hydrogen-bond acceptors (Lipinski definition) is 4. The predicted octanol–water partition coefficient (Wildman–Crippen LogP) is 1.14. The molecule has 0 saturated carbocycles. The van der Waals surface area contributed by atoms with Gasteiger partial charge < -0.3 is 20.5 Å². The molecule has 0 saturated heterocycles. The van der Waals surface area contributed by atoms with Crippen molar-refractivity contribution in [1.29, 1.82) is 0 Å². The lowest BCUT2D eigenvalue weighted by Gasteiger charge is -2.17. The summed E-state index contributed by atoms with van der Waals surface area (Å²) in [4.78, 5) is 34.0. The van der Waals surface area contributed by atoms with Gasteiger partial charge in [0.2, 0.25) is 5.91 Å². The highest BCUT2D eigenvalue weighted by Crippen LogP contribution is 2.02. The van der Waals surface area contributed by atoms with E-state index in [0.717, 1.165) is 5.56 Å². The van der Waals surface area contributed by atoms with Crippen LogP contribution in [0, 0.1) is 5.92 Å². The Labute approximate surface area is 128 Å². The average Bonchev–Trinajstić information content (AvgIpc) is 2.49. The number of rotatable bonds is 7. The van der Waals surface area contributed by atoms with Gasteiger partial charge in [-0.25, -0.2) is 9.59 Å². The van der Waals surface area contributed by atoms with Crippen LogP contribution in [0.25, 0.3) is 0 Å². The number of carboxylic acid groups (broad SMARTS) is 1. The Morgan fingerprint density at radius 2 is 1.82 bits per heavy atom. The lowest BCUT2D eigenvalue weighted by Crippen LogP contribution is -2.48. The summed E-state index contributed by atoms with van der Waals surface area (Å²) >= 11 is 0. The Balaban J connectivity index is 2.31. The first-order valence-electron chi connectivity index (χ1n) is 6.87. The lowest BCUT2D eigenvalue weighted by atomic mass is 10.1. The molecule has 0 radical (unpaired) electrons. The van der Waals surface area contributed by atoms with Crippen LogP contribution in [-0.2, 0) is 20.9 Å². The van der Waals surface area contributed by atoms with E-state index in [1.54, 1.807) is 26.0 Å². The summed E-state index contributed by atoms with van der Waals surface area (Å²) < 4.78 is 4.93. The second kappa shape index (κ2) is 8.66. The van der Waals surface area contributed by atoms with Crippen LogP contribution in [0.5, 0.6) is 0 Å². The van der Waals surface area contributed by atoms with E-state index in [4.69, 9.17) is 9.84 Å². The van der Waals surface area contributed by atoms with Crippen LogP contribution in [-0.4, -0.2) is 35.7 Å². The molecule has 0 heterocycles. The third-order valence-electron chi connectivity index (χ3n) is 2.86. The molecule has 0 spiro atoms. The molecule has 7 nitrogen and oxygen atoms in total. The topological polar surface area (TPSA) is 105 Å². The number of amides is 2. The maximum absolute atomic E-state index is 11.6. The zero-order valence-corrected chi connectivity index (χ0v) is 12.5. The molecule has 120 valence electrons. The molecule has 0 aromatic heterocycles. The van der Waals surface area contributed by atoms with Gasteiger partial charge in [-0.2, -0.15) is 0 Å². The van der Waals surface area contributed by atoms with E-state index in [-0.39, 0.29) is 19.1 Å². The normalized spacial score (nSPS) is 11.6. The number of carbonyl (C=O) groups excluding carboxylic acids is 2. The minimum absolute atomic E-state index is 0.0953. The van der Waals surface area contributed by atoms with E-state index in [9.17, 15) is 14.4 Å². The molecule has 7 heteroatoms. The molecular weight excluding hydrogens is 288 g/mol. The molecule has 0 unspecified atom stereocenters. The van der Waals surface area contributed by atoms with Crippen molar-refractivity contribution < 1.29 is 24.2 Å². The highest BCUT2D eigenvalue weighted by molar-refractivity contribution is 5.86. The first kappa shape index (κ1) is 17.5. The zero-order valence-electron chi connectivity index (χ0n) is 12.5. The highest BCUT2D eigenvalue weighted by Gasteiger charge is 2.23. The van der Waals surface area contributed by atoms with E-state index in [1.165, 1.54) is 0 Å². The number of aliphatic carboxylic acids is 1. The molecule has 22 heavy (non-hydrogen) atoms. The summed E-state index contributed by atoms with van der Waals surface area (Å²) in [5.41, 5.74) is 0.827. The number of carbonyl (C=O) groups is 3. The molecule has 0 aliphatic rings. The molecule has 1 aromatic rings. The zero-order chi connectivity index (χ0) is 16.5. The van der Waals surface area contributed by atoms with E-state index in [2.05, 4.69) is 10.6 Å². The van der Waals surface area contributed by atoms with Gasteiger partial charge in [-0.05, 0) is 11.5 Å².